The van der Waals surface area contributed by atoms with Crippen LogP contribution in [0.25, 0.3) is 0 Å². The lowest BCUT2D eigenvalue weighted by Gasteiger charge is -2.38. The van der Waals surface area contributed by atoms with E-state index in [0.29, 0.717) is 50.0 Å². The van der Waals surface area contributed by atoms with E-state index in [1.54, 1.807) is 4.90 Å². The first-order valence-corrected chi connectivity index (χ1v) is 12.6. The molecule has 1 amide bonds. The fourth-order valence-corrected chi connectivity index (χ4v) is 6.77. The van der Waals surface area contributed by atoms with Crippen molar-refractivity contribution < 1.29 is 27.4 Å². The van der Waals surface area contributed by atoms with E-state index in [1.807, 2.05) is 6.92 Å². The van der Waals surface area contributed by atoms with Crippen LogP contribution in [0.5, 0.6) is 0 Å². The summed E-state index contributed by atoms with van der Waals surface area (Å²) in [7, 11) is 0. The molecule has 9 heteroatoms. The lowest BCUT2D eigenvalue weighted by Crippen LogP contribution is -2.51. The van der Waals surface area contributed by atoms with Crippen molar-refractivity contribution in [3.8, 4) is 0 Å². The zero-order chi connectivity index (χ0) is 23.9. The van der Waals surface area contributed by atoms with Crippen molar-refractivity contribution in [3.63, 3.8) is 0 Å². The second-order valence-corrected chi connectivity index (χ2v) is 10.3. The van der Waals surface area contributed by atoms with Crippen LogP contribution in [-0.4, -0.2) is 60.3 Å². The Bertz CT molecular complexity index is 909. The third-order valence-electron chi connectivity index (χ3n) is 8.35. The predicted molar refractivity (Wildman–Crippen MR) is 119 cm³/mol. The number of rotatable bonds is 5. The van der Waals surface area contributed by atoms with Crippen LogP contribution in [0.15, 0.2) is 12.3 Å². The largest absolute Gasteiger partial charge is 0.417 e. The Kier molecular flexibility index (Phi) is 6.63. The average Bonchev–Trinajstić information content (AvgIpc) is 3.36. The number of amides is 1. The third kappa shape index (κ3) is 4.46. The molecule has 0 spiro atoms. The molecule has 1 aromatic heterocycles. The summed E-state index contributed by atoms with van der Waals surface area (Å²) in [5, 5.41) is 3.79. The molecule has 1 N–H and O–H groups in total. The van der Waals surface area contributed by atoms with E-state index in [-0.39, 0.29) is 30.6 Å². The minimum atomic E-state index is -4.43. The number of aromatic nitrogens is 1. The van der Waals surface area contributed by atoms with E-state index in [9.17, 15) is 18.0 Å². The van der Waals surface area contributed by atoms with Crippen molar-refractivity contribution in [2.24, 2.45) is 11.3 Å². The number of halogens is 3. The van der Waals surface area contributed by atoms with E-state index in [0.717, 1.165) is 44.7 Å². The lowest BCUT2D eigenvalue weighted by molar-refractivity contribution is -0.144. The first kappa shape index (κ1) is 24.0. The molecule has 0 bridgehead atoms. The van der Waals surface area contributed by atoms with Gasteiger partial charge in [-0.2, -0.15) is 13.2 Å². The van der Waals surface area contributed by atoms with E-state index >= 15 is 0 Å². The summed E-state index contributed by atoms with van der Waals surface area (Å²) in [4.78, 5) is 19.8. The molecule has 0 aromatic carbocycles. The van der Waals surface area contributed by atoms with Gasteiger partial charge in [0.15, 0.2) is 0 Å². The molecule has 1 saturated heterocycles. The maximum atomic E-state index is 13.9. The summed E-state index contributed by atoms with van der Waals surface area (Å²) in [5.41, 5.74) is 0.0407. The number of carbonyl (C=O) groups excluding carboxylic acids is 1. The Morgan fingerprint density at radius 3 is 3.03 bits per heavy atom. The van der Waals surface area contributed by atoms with Gasteiger partial charge in [0.2, 0.25) is 5.91 Å². The topological polar surface area (TPSA) is 63.7 Å². The number of alkyl halides is 3. The number of nitrogens with zero attached hydrogens (tertiary/aromatic N) is 2. The molecule has 4 aliphatic rings. The van der Waals surface area contributed by atoms with Crippen LogP contribution >= 0.6 is 0 Å². The average molecular weight is 482 g/mol. The van der Waals surface area contributed by atoms with Gasteiger partial charge in [0.1, 0.15) is 0 Å². The molecule has 34 heavy (non-hydrogen) atoms. The maximum Gasteiger partial charge on any atom is 0.417 e. The minimum absolute atomic E-state index is 0.0276. The Hall–Kier alpha value is -1.71. The van der Waals surface area contributed by atoms with Crippen molar-refractivity contribution >= 4 is 5.91 Å². The van der Waals surface area contributed by atoms with Gasteiger partial charge in [-0.15, -0.1) is 0 Å². The summed E-state index contributed by atoms with van der Waals surface area (Å²) in [6, 6.07) is 1.64. The predicted octanol–water partition coefficient (Wildman–Crippen LogP) is 3.72. The number of hydrogen-bond donors (Lipinski definition) is 1. The van der Waals surface area contributed by atoms with Crippen LogP contribution in [0.3, 0.4) is 0 Å². The number of hydrogen-bond acceptors (Lipinski definition) is 5. The van der Waals surface area contributed by atoms with E-state index in [1.165, 1.54) is 6.07 Å². The first-order chi connectivity index (χ1) is 16.3. The van der Waals surface area contributed by atoms with Gasteiger partial charge < -0.3 is 19.7 Å². The summed E-state index contributed by atoms with van der Waals surface area (Å²) in [6.07, 6.45) is 2.58. The Labute approximate surface area is 198 Å². The zero-order valence-corrected chi connectivity index (χ0v) is 19.7. The van der Waals surface area contributed by atoms with Crippen LogP contribution in [0.2, 0.25) is 0 Å². The third-order valence-corrected chi connectivity index (χ3v) is 8.35. The Balaban J connectivity index is 1.30. The minimum Gasteiger partial charge on any atom is -0.379 e. The molecule has 2 aliphatic carbocycles. The molecule has 3 fully saturated rings. The Morgan fingerprint density at radius 1 is 1.38 bits per heavy atom. The molecule has 2 aliphatic heterocycles. The van der Waals surface area contributed by atoms with Crippen molar-refractivity contribution in [2.75, 3.05) is 26.4 Å². The fourth-order valence-electron chi connectivity index (χ4n) is 6.77. The molecule has 2 saturated carbocycles. The second-order valence-electron chi connectivity index (χ2n) is 10.3. The number of nitrogens with one attached hydrogen (secondary N) is 1. The first-order valence-electron chi connectivity index (χ1n) is 12.6. The fraction of sp³-hybridized carbons (Fsp3) is 0.760. The van der Waals surface area contributed by atoms with Crippen LogP contribution in [0.1, 0.15) is 62.3 Å². The molecule has 0 radical (unpaired) electrons. The Morgan fingerprint density at radius 2 is 2.24 bits per heavy atom. The number of carbonyl (C=O) groups is 1. The molecule has 6 nitrogen and oxygen atoms in total. The normalized spacial score (nSPS) is 33.6. The highest BCUT2D eigenvalue weighted by molar-refractivity contribution is 5.84. The van der Waals surface area contributed by atoms with Crippen LogP contribution < -0.4 is 5.32 Å². The number of fused-ring (bicyclic) bond motifs is 2. The quantitative estimate of drug-likeness (QED) is 0.695. The molecule has 1 aromatic rings. The standard InChI is InChI=1S/C25H34F3N3O3/c1-2-34-22-15-33-9-6-21(22)30-19-11-17-4-3-7-24(17,12-19)23(32)31-8-5-20-16(14-31)10-18(13-29-20)25(26,27)28/h10,13,17,19,21-22,30H,2-9,11-12,14-15H2,1H3/t17-,19-,21+,22-,24-/m1/s1. The summed E-state index contributed by atoms with van der Waals surface area (Å²) in [5.74, 6) is 0.444. The van der Waals surface area contributed by atoms with Gasteiger partial charge in [0, 0.05) is 56.7 Å². The SMILES string of the molecule is CCO[C@@H]1COCC[C@@H]1N[C@@H]1C[C@H]2CCC[C@@]2(C(=O)N2CCc3ncc(C(F)(F)F)cc3C2)C1. The van der Waals surface area contributed by atoms with Crippen LogP contribution in [0.4, 0.5) is 13.2 Å². The van der Waals surface area contributed by atoms with Crippen molar-refractivity contribution in [2.45, 2.75) is 82.8 Å². The second kappa shape index (κ2) is 9.39. The summed E-state index contributed by atoms with van der Waals surface area (Å²) < 4.78 is 51.1. The maximum absolute atomic E-state index is 13.9. The van der Waals surface area contributed by atoms with E-state index < -0.39 is 17.2 Å². The van der Waals surface area contributed by atoms with Gasteiger partial charge in [-0.05, 0) is 56.6 Å². The molecule has 0 unspecified atom stereocenters. The molecule has 3 heterocycles. The summed E-state index contributed by atoms with van der Waals surface area (Å²) in [6.45, 7) is 4.66. The smallest absolute Gasteiger partial charge is 0.379 e. The highest BCUT2D eigenvalue weighted by Gasteiger charge is 2.56. The van der Waals surface area contributed by atoms with Gasteiger partial charge in [-0.25, -0.2) is 0 Å². The highest BCUT2D eigenvalue weighted by atomic mass is 19.4. The lowest BCUT2D eigenvalue weighted by atomic mass is 9.78. The van der Waals surface area contributed by atoms with Crippen LogP contribution in [-0.2, 0) is 33.4 Å². The van der Waals surface area contributed by atoms with Gasteiger partial charge in [-0.3, -0.25) is 9.78 Å². The zero-order valence-electron chi connectivity index (χ0n) is 19.7. The molecular weight excluding hydrogens is 447 g/mol. The molecule has 5 atom stereocenters. The van der Waals surface area contributed by atoms with Gasteiger partial charge in [0.05, 0.1) is 23.7 Å². The number of ether oxygens (including phenoxy) is 2. The summed E-state index contributed by atoms with van der Waals surface area (Å²) >= 11 is 0. The molecule has 5 rings (SSSR count). The van der Waals surface area contributed by atoms with Crippen molar-refractivity contribution in [1.29, 1.82) is 0 Å². The molecular formula is C25H34F3N3O3. The van der Waals surface area contributed by atoms with E-state index in [2.05, 4.69) is 10.3 Å². The monoisotopic (exact) mass is 481 g/mol. The molecule has 188 valence electrons. The van der Waals surface area contributed by atoms with Crippen molar-refractivity contribution in [1.82, 2.24) is 15.2 Å². The van der Waals surface area contributed by atoms with Gasteiger partial charge >= 0.3 is 6.18 Å². The van der Waals surface area contributed by atoms with Gasteiger partial charge in [-0.1, -0.05) is 6.42 Å². The van der Waals surface area contributed by atoms with Crippen molar-refractivity contribution in [3.05, 3.63) is 29.1 Å². The highest BCUT2D eigenvalue weighted by Crippen LogP contribution is 2.55. The van der Waals surface area contributed by atoms with E-state index in [4.69, 9.17) is 9.47 Å². The van der Waals surface area contributed by atoms with Crippen LogP contribution in [0, 0.1) is 11.3 Å². The van der Waals surface area contributed by atoms with Gasteiger partial charge in [0.25, 0.3) is 0 Å². The number of pyridine rings is 1.